The van der Waals surface area contributed by atoms with Gasteiger partial charge in [0.2, 0.25) is 0 Å². The number of piperidine rings is 1. The molecule has 1 atom stereocenters. The van der Waals surface area contributed by atoms with Gasteiger partial charge in [-0.15, -0.1) is 0 Å². The largest absolute Gasteiger partial charge is 0.385 e. The summed E-state index contributed by atoms with van der Waals surface area (Å²) in [6.07, 6.45) is 7.41. The molecule has 6 nitrogen and oxygen atoms in total. The number of nitrogens with zero attached hydrogens (tertiary/aromatic N) is 3. The van der Waals surface area contributed by atoms with Gasteiger partial charge in [-0.3, -0.25) is 9.89 Å². The molecule has 2 saturated heterocycles. The molecule has 2 aliphatic heterocycles. The normalized spacial score (nSPS) is 21.3. The summed E-state index contributed by atoms with van der Waals surface area (Å²) in [4.78, 5) is 10.0. The maximum atomic E-state index is 5.98. The molecule has 1 unspecified atom stereocenters. The van der Waals surface area contributed by atoms with Crippen molar-refractivity contribution in [2.75, 3.05) is 59.6 Å². The Morgan fingerprint density at radius 3 is 2.46 bits per heavy atom. The zero-order valence-corrected chi connectivity index (χ0v) is 17.2. The molecule has 0 radical (unpaired) electrons. The molecule has 1 N–H and O–H groups in total. The second kappa shape index (κ2) is 12.5. The predicted octanol–water partition coefficient (Wildman–Crippen LogP) is 2.34. The lowest BCUT2D eigenvalue weighted by Gasteiger charge is -2.34. The lowest BCUT2D eigenvalue weighted by atomic mass is 10.1. The molecule has 0 aromatic carbocycles. The fourth-order valence-electron chi connectivity index (χ4n) is 3.91. The summed E-state index contributed by atoms with van der Waals surface area (Å²) in [5, 5.41) is 3.50. The zero-order valence-electron chi connectivity index (χ0n) is 17.2. The van der Waals surface area contributed by atoms with E-state index in [-0.39, 0.29) is 0 Å². The van der Waals surface area contributed by atoms with Crippen LogP contribution in [0.15, 0.2) is 4.99 Å². The molecule has 6 heteroatoms. The Labute approximate surface area is 160 Å². The molecule has 0 aromatic heterocycles. The number of methoxy groups -OCH3 is 1. The second-order valence-electron chi connectivity index (χ2n) is 7.40. The Bertz CT molecular complexity index is 391. The van der Waals surface area contributed by atoms with Gasteiger partial charge in [0.1, 0.15) is 0 Å². The summed E-state index contributed by atoms with van der Waals surface area (Å²) in [6, 6.07) is 0.591. The summed E-state index contributed by atoms with van der Waals surface area (Å²) in [5.74, 6) is 1.09. The molecule has 2 fully saturated rings. The Kier molecular flexibility index (Phi) is 10.3. The van der Waals surface area contributed by atoms with Crippen LogP contribution in [0.2, 0.25) is 0 Å². The van der Waals surface area contributed by atoms with Gasteiger partial charge in [0.25, 0.3) is 0 Å². The third-order valence-corrected chi connectivity index (χ3v) is 5.50. The van der Waals surface area contributed by atoms with Crippen molar-refractivity contribution >= 4 is 5.96 Å². The molecule has 152 valence electrons. The van der Waals surface area contributed by atoms with Crippen LogP contribution in [-0.2, 0) is 9.47 Å². The van der Waals surface area contributed by atoms with Crippen molar-refractivity contribution < 1.29 is 9.47 Å². The fourth-order valence-corrected chi connectivity index (χ4v) is 3.91. The van der Waals surface area contributed by atoms with Crippen LogP contribution in [-0.4, -0.2) is 87.5 Å². The minimum Gasteiger partial charge on any atom is -0.385 e. The lowest BCUT2D eigenvalue weighted by Crippen LogP contribution is -2.47. The zero-order chi connectivity index (χ0) is 18.6. The van der Waals surface area contributed by atoms with Crippen LogP contribution in [0.1, 0.15) is 52.4 Å². The van der Waals surface area contributed by atoms with E-state index in [2.05, 4.69) is 29.0 Å². The first-order valence-electron chi connectivity index (χ1n) is 10.7. The molecular formula is C20H40N4O2. The number of likely N-dealkylation sites (tertiary alicyclic amines) is 2. The molecule has 0 aliphatic carbocycles. The van der Waals surface area contributed by atoms with Gasteiger partial charge in [-0.25, -0.2) is 0 Å². The smallest absolute Gasteiger partial charge is 0.193 e. The van der Waals surface area contributed by atoms with Crippen LogP contribution >= 0.6 is 0 Å². The summed E-state index contributed by atoms with van der Waals surface area (Å²) >= 11 is 0. The van der Waals surface area contributed by atoms with E-state index in [4.69, 9.17) is 14.5 Å². The molecule has 0 saturated carbocycles. The highest BCUT2D eigenvalue weighted by Gasteiger charge is 2.23. The van der Waals surface area contributed by atoms with E-state index in [1.807, 2.05) is 0 Å². The molecule has 26 heavy (non-hydrogen) atoms. The first kappa shape index (κ1) is 21.5. The van der Waals surface area contributed by atoms with Crippen molar-refractivity contribution in [3.8, 4) is 0 Å². The first-order valence-corrected chi connectivity index (χ1v) is 10.7. The molecule has 2 rings (SSSR count). The summed E-state index contributed by atoms with van der Waals surface area (Å²) < 4.78 is 11.1. The summed E-state index contributed by atoms with van der Waals surface area (Å²) in [7, 11) is 1.74. The first-order chi connectivity index (χ1) is 12.8. The maximum Gasteiger partial charge on any atom is 0.193 e. The number of rotatable bonds is 10. The minimum atomic E-state index is 0.388. The van der Waals surface area contributed by atoms with Crippen molar-refractivity contribution in [2.24, 2.45) is 4.99 Å². The van der Waals surface area contributed by atoms with Crippen molar-refractivity contribution in [3.63, 3.8) is 0 Å². The molecule has 0 bridgehead atoms. The SMILES string of the molecule is CCNC(=NCC(CC)N1CCCC1)N1CCC(OCCCOC)CC1. The second-order valence-corrected chi connectivity index (χ2v) is 7.40. The maximum absolute atomic E-state index is 5.98. The van der Waals surface area contributed by atoms with E-state index in [0.717, 1.165) is 64.6 Å². The number of ether oxygens (including phenoxy) is 2. The van der Waals surface area contributed by atoms with E-state index >= 15 is 0 Å². The van der Waals surface area contributed by atoms with Crippen LogP contribution in [0.3, 0.4) is 0 Å². The van der Waals surface area contributed by atoms with Gasteiger partial charge in [0.05, 0.1) is 12.6 Å². The van der Waals surface area contributed by atoms with Crippen molar-refractivity contribution in [3.05, 3.63) is 0 Å². The third-order valence-electron chi connectivity index (χ3n) is 5.50. The minimum absolute atomic E-state index is 0.388. The van der Waals surface area contributed by atoms with Gasteiger partial charge in [-0.1, -0.05) is 6.92 Å². The number of hydrogen-bond donors (Lipinski definition) is 1. The predicted molar refractivity (Wildman–Crippen MR) is 108 cm³/mol. The average Bonchev–Trinajstić information content (AvgIpc) is 3.20. The van der Waals surface area contributed by atoms with Gasteiger partial charge >= 0.3 is 0 Å². The van der Waals surface area contributed by atoms with Crippen molar-refractivity contribution in [1.82, 2.24) is 15.1 Å². The molecule has 0 spiro atoms. The molecule has 0 aromatic rings. The molecule has 2 heterocycles. The van der Waals surface area contributed by atoms with Crippen molar-refractivity contribution in [2.45, 2.75) is 64.5 Å². The summed E-state index contributed by atoms with van der Waals surface area (Å²) in [5.41, 5.74) is 0. The van der Waals surface area contributed by atoms with Crippen LogP contribution in [0.5, 0.6) is 0 Å². The van der Waals surface area contributed by atoms with Gasteiger partial charge in [0.15, 0.2) is 5.96 Å². The van der Waals surface area contributed by atoms with Gasteiger partial charge in [-0.05, 0) is 58.5 Å². The topological polar surface area (TPSA) is 49.3 Å². The molecular weight excluding hydrogens is 328 g/mol. The lowest BCUT2D eigenvalue weighted by molar-refractivity contribution is 0.00988. The van der Waals surface area contributed by atoms with E-state index in [1.165, 1.54) is 32.4 Å². The Morgan fingerprint density at radius 1 is 1.12 bits per heavy atom. The van der Waals surface area contributed by atoms with Gasteiger partial charge in [-0.2, -0.15) is 0 Å². The standard InChI is InChI=1S/C20H40N4O2/c1-4-18(23-11-6-7-12-23)17-22-20(21-5-2)24-13-9-19(10-14-24)26-16-8-15-25-3/h18-19H,4-17H2,1-3H3,(H,21,22). The van der Waals surface area contributed by atoms with Crippen molar-refractivity contribution in [1.29, 1.82) is 0 Å². The quantitative estimate of drug-likeness (QED) is 0.364. The van der Waals surface area contributed by atoms with Gasteiger partial charge < -0.3 is 19.7 Å². The monoisotopic (exact) mass is 368 g/mol. The number of aliphatic imine (C=N–C) groups is 1. The van der Waals surface area contributed by atoms with Crippen LogP contribution < -0.4 is 5.32 Å². The Balaban J connectivity index is 1.79. The highest BCUT2D eigenvalue weighted by Crippen LogP contribution is 2.16. The average molecular weight is 369 g/mol. The highest BCUT2D eigenvalue weighted by molar-refractivity contribution is 5.80. The van der Waals surface area contributed by atoms with Crippen LogP contribution in [0, 0.1) is 0 Å². The van der Waals surface area contributed by atoms with E-state index in [1.54, 1.807) is 7.11 Å². The van der Waals surface area contributed by atoms with Gasteiger partial charge in [0, 0.05) is 46.0 Å². The number of hydrogen-bond acceptors (Lipinski definition) is 4. The third kappa shape index (κ3) is 7.05. The fraction of sp³-hybridized carbons (Fsp3) is 0.950. The Morgan fingerprint density at radius 2 is 1.85 bits per heavy atom. The summed E-state index contributed by atoms with van der Waals surface area (Å²) in [6.45, 7) is 12.4. The molecule has 0 amide bonds. The highest BCUT2D eigenvalue weighted by atomic mass is 16.5. The number of guanidine groups is 1. The van der Waals surface area contributed by atoms with E-state index in [9.17, 15) is 0 Å². The van der Waals surface area contributed by atoms with E-state index < -0.39 is 0 Å². The number of nitrogens with one attached hydrogen (secondary N) is 1. The van der Waals surface area contributed by atoms with Crippen LogP contribution in [0.4, 0.5) is 0 Å². The molecule has 2 aliphatic rings. The van der Waals surface area contributed by atoms with Crippen LogP contribution in [0.25, 0.3) is 0 Å². The van der Waals surface area contributed by atoms with E-state index in [0.29, 0.717) is 12.1 Å². The Hall–Kier alpha value is -0.850.